The molecule has 3 aromatic heterocycles. The van der Waals surface area contributed by atoms with E-state index in [2.05, 4.69) is 185 Å². The summed E-state index contributed by atoms with van der Waals surface area (Å²) < 4.78 is 11.4. The minimum atomic E-state index is 0.876. The van der Waals surface area contributed by atoms with Crippen LogP contribution in [0.1, 0.15) is 0 Å². The highest BCUT2D eigenvalue weighted by molar-refractivity contribution is 7.25. The molecule has 0 aliphatic carbocycles. The van der Waals surface area contributed by atoms with Crippen molar-refractivity contribution in [1.29, 1.82) is 0 Å². The molecule has 244 valence electrons. The van der Waals surface area contributed by atoms with Gasteiger partial charge in [0.1, 0.15) is 11.2 Å². The van der Waals surface area contributed by atoms with Gasteiger partial charge >= 0.3 is 0 Å². The number of rotatable bonds is 5. The lowest BCUT2D eigenvalue weighted by Gasteiger charge is -2.26. The van der Waals surface area contributed by atoms with Crippen LogP contribution in [0.25, 0.3) is 80.7 Å². The number of para-hydroxylation sites is 2. The third-order valence-electron chi connectivity index (χ3n) is 10.4. The fourth-order valence-corrected chi connectivity index (χ4v) is 9.18. The topological polar surface area (TPSA) is 21.3 Å². The number of benzene rings is 8. The number of aromatic nitrogens is 1. The molecule has 52 heavy (non-hydrogen) atoms. The zero-order valence-electron chi connectivity index (χ0n) is 28.0. The second-order valence-corrected chi connectivity index (χ2v) is 14.4. The molecular weight excluding hydrogens is 653 g/mol. The van der Waals surface area contributed by atoms with Crippen molar-refractivity contribution >= 4 is 92.3 Å². The number of fused-ring (bicyclic) bond motifs is 9. The van der Waals surface area contributed by atoms with Crippen LogP contribution in [0.4, 0.5) is 17.1 Å². The van der Waals surface area contributed by atoms with Crippen LogP contribution in [0.5, 0.6) is 0 Å². The van der Waals surface area contributed by atoms with Crippen LogP contribution in [0, 0.1) is 0 Å². The molecule has 0 aliphatic heterocycles. The van der Waals surface area contributed by atoms with Crippen LogP contribution in [0.2, 0.25) is 0 Å². The Bertz CT molecular complexity index is 3130. The summed E-state index contributed by atoms with van der Waals surface area (Å²) in [5.41, 5.74) is 10.9. The first-order chi connectivity index (χ1) is 25.8. The molecule has 0 amide bonds. The van der Waals surface area contributed by atoms with Crippen molar-refractivity contribution < 1.29 is 4.42 Å². The summed E-state index contributed by atoms with van der Waals surface area (Å²) in [6, 6.07) is 65.5. The van der Waals surface area contributed by atoms with Gasteiger partial charge in [-0.05, 0) is 90.0 Å². The Morgan fingerprint density at radius 2 is 1.08 bits per heavy atom. The van der Waals surface area contributed by atoms with E-state index in [1.54, 1.807) is 0 Å². The van der Waals surface area contributed by atoms with Gasteiger partial charge in [-0.15, -0.1) is 11.3 Å². The van der Waals surface area contributed by atoms with Crippen molar-refractivity contribution in [1.82, 2.24) is 4.57 Å². The third kappa shape index (κ3) is 4.45. The maximum absolute atomic E-state index is 6.43. The zero-order valence-corrected chi connectivity index (χ0v) is 28.8. The highest BCUT2D eigenvalue weighted by Gasteiger charge is 2.22. The van der Waals surface area contributed by atoms with Crippen LogP contribution >= 0.6 is 11.3 Å². The predicted octanol–water partition coefficient (Wildman–Crippen LogP) is 14.2. The smallest absolute Gasteiger partial charge is 0.137 e. The number of anilines is 3. The number of furan rings is 1. The van der Waals surface area contributed by atoms with Gasteiger partial charge in [0.25, 0.3) is 0 Å². The Labute approximate surface area is 303 Å². The van der Waals surface area contributed by atoms with Crippen molar-refractivity contribution in [3.8, 4) is 16.8 Å². The lowest BCUT2D eigenvalue weighted by molar-refractivity contribution is 0.669. The maximum atomic E-state index is 6.43. The van der Waals surface area contributed by atoms with Gasteiger partial charge in [0, 0.05) is 53.4 Å². The van der Waals surface area contributed by atoms with Crippen molar-refractivity contribution in [2.75, 3.05) is 4.90 Å². The first-order valence-corrected chi connectivity index (χ1v) is 18.4. The molecule has 0 N–H and O–H groups in total. The molecule has 4 heteroatoms. The lowest BCUT2D eigenvalue weighted by atomic mass is 10.0. The molecule has 0 fully saturated rings. The van der Waals surface area contributed by atoms with Gasteiger partial charge in [-0.1, -0.05) is 103 Å². The van der Waals surface area contributed by atoms with Crippen molar-refractivity contribution in [3.63, 3.8) is 0 Å². The fourth-order valence-electron chi connectivity index (χ4n) is 8.04. The molecule has 11 rings (SSSR count). The normalized spacial score (nSPS) is 11.8. The summed E-state index contributed by atoms with van der Waals surface area (Å²) in [6.07, 6.45) is 0. The third-order valence-corrected chi connectivity index (χ3v) is 11.5. The molecule has 0 spiro atoms. The maximum Gasteiger partial charge on any atom is 0.137 e. The van der Waals surface area contributed by atoms with Crippen LogP contribution in [0.15, 0.2) is 186 Å². The SMILES string of the molecule is c1ccc(-c2ccc3c(c2)c2cc(N(c4ccc5c(c4)sc4ccccc45)c4cccc5oc6ccccc6c45)ccc2n3-c2ccccc2)cc1. The second-order valence-electron chi connectivity index (χ2n) is 13.3. The zero-order chi connectivity index (χ0) is 34.2. The Morgan fingerprint density at radius 1 is 0.423 bits per heavy atom. The highest BCUT2D eigenvalue weighted by atomic mass is 32.1. The van der Waals surface area contributed by atoms with E-state index in [4.69, 9.17) is 4.42 Å². The van der Waals surface area contributed by atoms with Crippen LogP contribution < -0.4 is 4.90 Å². The lowest BCUT2D eigenvalue weighted by Crippen LogP contribution is -2.10. The van der Waals surface area contributed by atoms with Crippen molar-refractivity contribution in [2.24, 2.45) is 0 Å². The molecular formula is C48H30N2OS. The Balaban J connectivity index is 1.21. The van der Waals surface area contributed by atoms with E-state index in [1.165, 1.54) is 53.1 Å². The summed E-state index contributed by atoms with van der Waals surface area (Å²) in [7, 11) is 0. The summed E-state index contributed by atoms with van der Waals surface area (Å²) in [5, 5.41) is 7.21. The van der Waals surface area contributed by atoms with Gasteiger partial charge < -0.3 is 13.9 Å². The Morgan fingerprint density at radius 3 is 1.94 bits per heavy atom. The quantitative estimate of drug-likeness (QED) is 0.180. The number of thiophene rings is 1. The number of nitrogens with zero attached hydrogens (tertiary/aromatic N) is 2. The van der Waals surface area contributed by atoms with Gasteiger partial charge in [0.2, 0.25) is 0 Å². The Kier molecular flexibility index (Phi) is 6.42. The first kappa shape index (κ1) is 29.1. The van der Waals surface area contributed by atoms with E-state index in [0.717, 1.165) is 44.7 Å². The molecule has 0 saturated carbocycles. The molecule has 0 saturated heterocycles. The van der Waals surface area contributed by atoms with Gasteiger partial charge in [-0.2, -0.15) is 0 Å². The first-order valence-electron chi connectivity index (χ1n) is 17.6. The summed E-state index contributed by atoms with van der Waals surface area (Å²) in [5.74, 6) is 0. The monoisotopic (exact) mass is 682 g/mol. The molecule has 0 atom stereocenters. The average molecular weight is 683 g/mol. The molecule has 0 bridgehead atoms. The van der Waals surface area contributed by atoms with E-state index < -0.39 is 0 Å². The number of hydrogen-bond donors (Lipinski definition) is 0. The molecule has 11 aromatic rings. The van der Waals surface area contributed by atoms with Crippen LogP contribution in [-0.4, -0.2) is 4.57 Å². The second kappa shape index (κ2) is 11.5. The molecule has 0 aliphatic rings. The van der Waals surface area contributed by atoms with Gasteiger partial charge in [-0.3, -0.25) is 0 Å². The summed E-state index contributed by atoms with van der Waals surface area (Å²) in [4.78, 5) is 2.42. The average Bonchev–Trinajstić information content (AvgIpc) is 3.88. The van der Waals surface area contributed by atoms with Crippen molar-refractivity contribution in [3.05, 3.63) is 182 Å². The van der Waals surface area contributed by atoms with E-state index in [9.17, 15) is 0 Å². The van der Waals surface area contributed by atoms with Gasteiger partial charge in [0.15, 0.2) is 0 Å². The van der Waals surface area contributed by atoms with E-state index in [-0.39, 0.29) is 0 Å². The predicted molar refractivity (Wildman–Crippen MR) is 221 cm³/mol. The van der Waals surface area contributed by atoms with Crippen LogP contribution in [0.3, 0.4) is 0 Å². The van der Waals surface area contributed by atoms with Crippen molar-refractivity contribution in [2.45, 2.75) is 0 Å². The van der Waals surface area contributed by atoms with Crippen LogP contribution in [-0.2, 0) is 0 Å². The molecule has 3 heterocycles. The summed E-state index contributed by atoms with van der Waals surface area (Å²) in [6.45, 7) is 0. The Hall–Kier alpha value is -6.62. The fraction of sp³-hybridized carbons (Fsp3) is 0. The number of hydrogen-bond acceptors (Lipinski definition) is 3. The summed E-state index contributed by atoms with van der Waals surface area (Å²) >= 11 is 1.85. The largest absolute Gasteiger partial charge is 0.456 e. The van der Waals surface area contributed by atoms with Gasteiger partial charge in [0.05, 0.1) is 22.1 Å². The van der Waals surface area contributed by atoms with E-state index in [1.807, 2.05) is 17.4 Å². The highest BCUT2D eigenvalue weighted by Crippen LogP contribution is 2.46. The minimum Gasteiger partial charge on any atom is -0.456 e. The molecule has 0 unspecified atom stereocenters. The standard InChI is InChI=1S/C48H30N2OS/c1-3-12-31(13-4-1)32-22-26-41-39(28-32)40-29-34(24-27-42(40)50(41)33-14-5-2-6-15-33)49(35-23-25-37-36-16-8-10-21-46(36)52-47(37)30-35)43-18-11-20-45-48(43)38-17-7-9-19-44(38)51-45/h1-30H. The molecule has 0 radical (unpaired) electrons. The minimum absolute atomic E-state index is 0.876. The molecule has 8 aromatic carbocycles. The van der Waals surface area contributed by atoms with Gasteiger partial charge in [-0.25, -0.2) is 0 Å². The van der Waals surface area contributed by atoms with E-state index >= 15 is 0 Å². The van der Waals surface area contributed by atoms with E-state index in [0.29, 0.717) is 0 Å². The molecule has 3 nitrogen and oxygen atoms in total.